The van der Waals surface area contributed by atoms with E-state index in [9.17, 15) is 19.2 Å². The van der Waals surface area contributed by atoms with Crippen LogP contribution in [-0.2, 0) is 9.59 Å². The molecule has 24 heavy (non-hydrogen) atoms. The maximum atomic E-state index is 11.3. The molecule has 0 aromatic heterocycles. The number of hydrogen-bond donors (Lipinski definition) is 6. The van der Waals surface area contributed by atoms with Crippen molar-refractivity contribution in [2.75, 3.05) is 13.1 Å². The summed E-state index contributed by atoms with van der Waals surface area (Å²) < 4.78 is 0. The van der Waals surface area contributed by atoms with Gasteiger partial charge in [0.1, 0.15) is 0 Å². The van der Waals surface area contributed by atoms with Crippen molar-refractivity contribution in [2.45, 2.75) is 38.8 Å². The molecule has 10 nitrogen and oxygen atoms in total. The highest BCUT2D eigenvalue weighted by molar-refractivity contribution is 5.94. The van der Waals surface area contributed by atoms with Gasteiger partial charge in [-0.2, -0.15) is 0 Å². The molecule has 10 heteroatoms. The van der Waals surface area contributed by atoms with Crippen LogP contribution < -0.4 is 21.3 Å². The van der Waals surface area contributed by atoms with E-state index in [1.807, 2.05) is 12.2 Å². The highest BCUT2D eigenvalue weighted by Crippen LogP contribution is 1.90. The minimum absolute atomic E-state index is 0.509. The second kappa shape index (κ2) is 12.0. The third kappa shape index (κ3) is 11.2. The van der Waals surface area contributed by atoms with Crippen LogP contribution in [0, 0.1) is 0 Å². The summed E-state index contributed by atoms with van der Waals surface area (Å²) in [6.45, 7) is 4.15. The second-order valence-electron chi connectivity index (χ2n) is 4.99. The summed E-state index contributed by atoms with van der Waals surface area (Å²) in [6.07, 6.45) is 2.32. The monoisotopic (exact) mass is 344 g/mol. The van der Waals surface area contributed by atoms with Gasteiger partial charge < -0.3 is 20.8 Å². The Morgan fingerprint density at radius 3 is 1.42 bits per heavy atom. The quantitative estimate of drug-likeness (QED) is 0.236. The number of amides is 4. The Labute approximate surface area is 139 Å². The lowest BCUT2D eigenvalue weighted by Crippen LogP contribution is -2.44. The average Bonchev–Trinajstić information content (AvgIpc) is 2.47. The van der Waals surface area contributed by atoms with E-state index in [2.05, 4.69) is 10.6 Å². The SMILES string of the molecule is CC(NCCC=CCCN[C@@H](C)C(=O)NC(=O)O)C(=O)NC(=O)O. The summed E-state index contributed by atoms with van der Waals surface area (Å²) in [5.41, 5.74) is 0. The van der Waals surface area contributed by atoms with Crippen molar-refractivity contribution < 1.29 is 29.4 Å². The normalized spacial score (nSPS) is 13.2. The van der Waals surface area contributed by atoms with Crippen molar-refractivity contribution in [3.63, 3.8) is 0 Å². The molecule has 0 bridgehead atoms. The number of carboxylic acid groups (broad SMARTS) is 2. The molecular formula is C14H24N4O6. The van der Waals surface area contributed by atoms with Gasteiger partial charge in [-0.3, -0.25) is 20.2 Å². The number of hydrogen-bond acceptors (Lipinski definition) is 6. The standard InChI is InChI=1S/C14H24N4O6/c1-9(11(19)17-13(21)22)15-7-5-3-4-6-8-16-10(2)12(20)18-14(23)24/h3-4,9-10,15-16H,5-8H2,1-2H3,(H,17,19)(H,18,20)(H,21,22)(H,23,24)/t9-,10?/m0/s1. The Morgan fingerprint density at radius 1 is 0.792 bits per heavy atom. The minimum atomic E-state index is -1.38. The molecule has 6 N–H and O–H groups in total. The van der Waals surface area contributed by atoms with Crippen LogP contribution in [-0.4, -0.2) is 59.4 Å². The molecule has 0 saturated heterocycles. The van der Waals surface area contributed by atoms with Crippen LogP contribution in [0.4, 0.5) is 9.59 Å². The first-order valence-corrected chi connectivity index (χ1v) is 7.43. The number of rotatable bonds is 10. The molecular weight excluding hydrogens is 320 g/mol. The highest BCUT2D eigenvalue weighted by Gasteiger charge is 2.14. The van der Waals surface area contributed by atoms with Crippen molar-refractivity contribution in [3.05, 3.63) is 12.2 Å². The number of carbonyl (C=O) groups is 4. The molecule has 0 aromatic rings. The Balaban J connectivity index is 3.73. The Bertz CT molecular complexity index is 438. The molecule has 136 valence electrons. The van der Waals surface area contributed by atoms with Gasteiger partial charge in [-0.05, 0) is 39.8 Å². The molecule has 0 aliphatic carbocycles. The predicted octanol–water partition coefficient (Wildman–Crippen LogP) is -0.133. The van der Waals surface area contributed by atoms with Gasteiger partial charge in [0.25, 0.3) is 0 Å². The van der Waals surface area contributed by atoms with Gasteiger partial charge in [-0.1, -0.05) is 12.2 Å². The summed E-state index contributed by atoms with van der Waals surface area (Å²) in [5, 5.41) is 26.1. The van der Waals surface area contributed by atoms with E-state index in [0.29, 0.717) is 25.9 Å². The van der Waals surface area contributed by atoms with Crippen molar-refractivity contribution in [1.82, 2.24) is 21.3 Å². The molecule has 0 heterocycles. The van der Waals surface area contributed by atoms with Gasteiger partial charge in [-0.25, -0.2) is 9.59 Å². The number of nitrogens with one attached hydrogen (secondary N) is 4. The van der Waals surface area contributed by atoms with E-state index in [1.54, 1.807) is 24.5 Å². The van der Waals surface area contributed by atoms with Crippen LogP contribution in [0.2, 0.25) is 0 Å². The zero-order valence-electron chi connectivity index (χ0n) is 13.7. The van der Waals surface area contributed by atoms with Crippen molar-refractivity contribution in [2.24, 2.45) is 0 Å². The number of imide groups is 2. The van der Waals surface area contributed by atoms with Crippen LogP contribution in [0.15, 0.2) is 12.2 Å². The molecule has 0 fully saturated rings. The van der Waals surface area contributed by atoms with Gasteiger partial charge in [0, 0.05) is 0 Å². The second-order valence-corrected chi connectivity index (χ2v) is 4.99. The fourth-order valence-electron chi connectivity index (χ4n) is 1.61. The maximum absolute atomic E-state index is 11.3. The summed E-state index contributed by atoms with van der Waals surface area (Å²) in [6, 6.07) is -1.21. The first-order chi connectivity index (χ1) is 11.2. The van der Waals surface area contributed by atoms with Crippen molar-refractivity contribution in [1.29, 1.82) is 0 Å². The van der Waals surface area contributed by atoms with Crippen LogP contribution in [0.3, 0.4) is 0 Å². The van der Waals surface area contributed by atoms with E-state index in [-0.39, 0.29) is 0 Å². The van der Waals surface area contributed by atoms with Gasteiger partial charge in [-0.15, -0.1) is 0 Å². The Morgan fingerprint density at radius 2 is 1.12 bits per heavy atom. The smallest absolute Gasteiger partial charge is 0.411 e. The van der Waals surface area contributed by atoms with E-state index >= 15 is 0 Å². The topological polar surface area (TPSA) is 157 Å². The van der Waals surface area contributed by atoms with Crippen molar-refractivity contribution in [3.8, 4) is 0 Å². The molecule has 4 amide bonds. The van der Waals surface area contributed by atoms with E-state index < -0.39 is 36.1 Å². The van der Waals surface area contributed by atoms with Crippen LogP contribution in [0.5, 0.6) is 0 Å². The van der Waals surface area contributed by atoms with Crippen molar-refractivity contribution >= 4 is 24.0 Å². The predicted molar refractivity (Wildman–Crippen MR) is 85.6 cm³/mol. The first kappa shape index (κ1) is 21.5. The molecule has 0 spiro atoms. The summed E-state index contributed by atoms with van der Waals surface area (Å²) in [4.78, 5) is 43.2. The summed E-state index contributed by atoms with van der Waals surface area (Å²) in [7, 11) is 0. The third-order valence-corrected chi connectivity index (χ3v) is 2.94. The van der Waals surface area contributed by atoms with E-state index in [0.717, 1.165) is 0 Å². The lowest BCUT2D eigenvalue weighted by Gasteiger charge is -2.11. The molecule has 0 aromatic carbocycles. The highest BCUT2D eigenvalue weighted by atomic mass is 16.4. The van der Waals surface area contributed by atoms with Crippen LogP contribution in [0.25, 0.3) is 0 Å². The minimum Gasteiger partial charge on any atom is -0.465 e. The molecule has 0 radical (unpaired) electrons. The van der Waals surface area contributed by atoms with Gasteiger partial charge >= 0.3 is 12.2 Å². The average molecular weight is 344 g/mol. The first-order valence-electron chi connectivity index (χ1n) is 7.43. The summed E-state index contributed by atoms with van der Waals surface area (Å²) in [5.74, 6) is -1.21. The van der Waals surface area contributed by atoms with Gasteiger partial charge in [0.05, 0.1) is 12.1 Å². The molecule has 1 unspecified atom stereocenters. The molecule has 0 aliphatic heterocycles. The molecule has 0 rings (SSSR count). The summed E-state index contributed by atoms with van der Waals surface area (Å²) >= 11 is 0. The van der Waals surface area contributed by atoms with Crippen LogP contribution in [0.1, 0.15) is 26.7 Å². The third-order valence-electron chi connectivity index (χ3n) is 2.94. The zero-order chi connectivity index (χ0) is 18.5. The molecule has 0 saturated carbocycles. The Kier molecular flexibility index (Phi) is 10.8. The molecule has 2 atom stereocenters. The fraction of sp³-hybridized carbons (Fsp3) is 0.571. The zero-order valence-corrected chi connectivity index (χ0v) is 13.7. The van der Waals surface area contributed by atoms with E-state index in [1.165, 1.54) is 0 Å². The fourth-order valence-corrected chi connectivity index (χ4v) is 1.61. The largest absolute Gasteiger partial charge is 0.465 e. The van der Waals surface area contributed by atoms with Gasteiger partial charge in [0.15, 0.2) is 0 Å². The lowest BCUT2D eigenvalue weighted by molar-refractivity contribution is -0.122. The van der Waals surface area contributed by atoms with E-state index in [4.69, 9.17) is 10.2 Å². The molecule has 0 aliphatic rings. The lowest BCUT2D eigenvalue weighted by atomic mass is 10.2. The number of carbonyl (C=O) groups excluding carboxylic acids is 2. The van der Waals surface area contributed by atoms with Gasteiger partial charge in [0.2, 0.25) is 11.8 Å². The maximum Gasteiger partial charge on any atom is 0.411 e. The van der Waals surface area contributed by atoms with Crippen LogP contribution >= 0.6 is 0 Å². The Hall–Kier alpha value is -2.46.